The third-order valence-corrected chi connectivity index (χ3v) is 5.31. The molecule has 2 saturated carbocycles. The second kappa shape index (κ2) is 5.78. The largest absolute Gasteiger partial charge is 0.454 e. The monoisotopic (exact) mass is 362 g/mol. The number of hydrogen-bond acceptors (Lipinski definition) is 3. The predicted molar refractivity (Wildman–Crippen MR) is 70.8 cm³/mol. The van der Waals surface area contributed by atoms with Crippen molar-refractivity contribution in [3.8, 4) is 0 Å². The quantitative estimate of drug-likeness (QED) is 0.610. The van der Waals surface area contributed by atoms with Crippen molar-refractivity contribution in [1.82, 2.24) is 0 Å². The molecule has 3 nitrogen and oxygen atoms in total. The lowest BCUT2D eigenvalue weighted by Crippen LogP contribution is -2.76. The van der Waals surface area contributed by atoms with Crippen molar-refractivity contribution in [2.24, 2.45) is 17.8 Å². The molecule has 140 valence electrons. The van der Waals surface area contributed by atoms with E-state index >= 15 is 0 Å². The van der Waals surface area contributed by atoms with Crippen LogP contribution in [0.2, 0.25) is 0 Å². The molecule has 0 saturated heterocycles. The Morgan fingerprint density at radius 3 is 1.75 bits per heavy atom. The van der Waals surface area contributed by atoms with Crippen molar-refractivity contribution in [2.75, 3.05) is 0 Å². The van der Waals surface area contributed by atoms with Gasteiger partial charge < -0.3 is 9.84 Å². The molecule has 2 fully saturated rings. The van der Waals surface area contributed by atoms with Gasteiger partial charge in [-0.3, -0.25) is 4.79 Å². The average molecular weight is 362 g/mol. The molecule has 2 bridgehead atoms. The highest BCUT2D eigenvalue weighted by atomic mass is 19.4. The van der Waals surface area contributed by atoms with Crippen LogP contribution in [0.1, 0.15) is 46.0 Å². The van der Waals surface area contributed by atoms with E-state index in [0.29, 0.717) is 6.42 Å². The Morgan fingerprint density at radius 1 is 1.00 bits per heavy atom. The Balaban J connectivity index is 2.67. The molecule has 0 radical (unpaired) electrons. The van der Waals surface area contributed by atoms with Crippen LogP contribution in [0.15, 0.2) is 0 Å². The van der Waals surface area contributed by atoms with Crippen LogP contribution in [0.3, 0.4) is 0 Å². The Labute approximate surface area is 135 Å². The van der Waals surface area contributed by atoms with Gasteiger partial charge in [0.15, 0.2) is 5.60 Å². The number of hydrogen-bond donors (Lipinski definition) is 1. The zero-order valence-electron chi connectivity index (χ0n) is 13.3. The molecular weight excluding hydrogens is 342 g/mol. The van der Waals surface area contributed by atoms with Gasteiger partial charge in [0.2, 0.25) is 0 Å². The van der Waals surface area contributed by atoms with E-state index in [1.165, 1.54) is 13.8 Å². The summed E-state index contributed by atoms with van der Waals surface area (Å²) >= 11 is 0. The molecule has 0 aromatic heterocycles. The summed E-state index contributed by atoms with van der Waals surface area (Å²) in [6.07, 6.45) is -11.4. The van der Waals surface area contributed by atoms with Crippen molar-refractivity contribution in [1.29, 1.82) is 0 Å². The zero-order valence-corrected chi connectivity index (χ0v) is 13.3. The standard InChI is InChI=1S/C15H20F6O3/c1-8(2)11(22)24-12(9-4-3-5-10(12)7-6-9)13(23,14(16,17)18)15(19,20)21/h8-10,23H,3-7H2,1-2H3. The molecule has 0 aliphatic heterocycles. The number of carbonyl (C=O) groups is 1. The maximum Gasteiger partial charge on any atom is 0.430 e. The van der Waals surface area contributed by atoms with Crippen LogP contribution in [0.25, 0.3) is 0 Å². The first-order valence-corrected chi connectivity index (χ1v) is 7.87. The Bertz CT molecular complexity index is 466. The number of fused-ring (bicyclic) bond motifs is 2. The van der Waals surface area contributed by atoms with E-state index in [1.807, 2.05) is 0 Å². The van der Waals surface area contributed by atoms with Gasteiger partial charge in [-0.1, -0.05) is 20.3 Å². The van der Waals surface area contributed by atoms with Crippen molar-refractivity contribution < 1.29 is 41.0 Å². The Kier molecular flexibility index (Phi) is 4.65. The van der Waals surface area contributed by atoms with E-state index < -0.39 is 47.3 Å². The van der Waals surface area contributed by atoms with E-state index in [0.717, 1.165) is 0 Å². The van der Waals surface area contributed by atoms with Gasteiger partial charge in [-0.25, -0.2) is 0 Å². The van der Waals surface area contributed by atoms with E-state index in [1.54, 1.807) is 0 Å². The van der Waals surface area contributed by atoms with Crippen LogP contribution in [0, 0.1) is 17.8 Å². The minimum atomic E-state index is -6.01. The number of ether oxygens (including phenoxy) is 1. The summed E-state index contributed by atoms with van der Waals surface area (Å²) in [4.78, 5) is 12.0. The highest BCUT2D eigenvalue weighted by molar-refractivity contribution is 5.72. The molecule has 2 atom stereocenters. The zero-order chi connectivity index (χ0) is 18.6. The molecule has 2 aliphatic carbocycles. The first-order valence-electron chi connectivity index (χ1n) is 7.87. The maximum absolute atomic E-state index is 13.5. The smallest absolute Gasteiger partial charge is 0.430 e. The molecule has 0 amide bonds. The molecule has 0 heterocycles. The molecule has 0 aromatic carbocycles. The average Bonchev–Trinajstić information content (AvgIpc) is 2.61. The highest BCUT2D eigenvalue weighted by Crippen LogP contribution is 2.64. The summed E-state index contributed by atoms with van der Waals surface area (Å²) in [5, 5.41) is 10.0. The molecule has 1 N–H and O–H groups in total. The summed E-state index contributed by atoms with van der Waals surface area (Å²) in [5.41, 5.74) is -8.09. The van der Waals surface area contributed by atoms with Crippen molar-refractivity contribution in [3.63, 3.8) is 0 Å². The van der Waals surface area contributed by atoms with Crippen LogP contribution in [-0.2, 0) is 9.53 Å². The normalized spacial score (nSPS) is 31.4. The van der Waals surface area contributed by atoms with Gasteiger partial charge in [-0.15, -0.1) is 0 Å². The molecule has 9 heteroatoms. The summed E-state index contributed by atoms with van der Waals surface area (Å²) < 4.78 is 85.9. The van der Waals surface area contributed by atoms with Gasteiger partial charge in [0, 0.05) is 11.8 Å². The van der Waals surface area contributed by atoms with Gasteiger partial charge in [0.25, 0.3) is 5.60 Å². The fraction of sp³-hybridized carbons (Fsp3) is 0.933. The molecule has 2 rings (SSSR count). The molecule has 24 heavy (non-hydrogen) atoms. The van der Waals surface area contributed by atoms with Gasteiger partial charge in [0.1, 0.15) is 0 Å². The highest BCUT2D eigenvalue weighted by Gasteiger charge is 2.85. The van der Waals surface area contributed by atoms with Crippen LogP contribution >= 0.6 is 0 Å². The summed E-state index contributed by atoms with van der Waals surface area (Å²) in [6, 6.07) is 0. The van der Waals surface area contributed by atoms with Crippen LogP contribution in [-0.4, -0.2) is 34.6 Å². The van der Waals surface area contributed by atoms with Crippen LogP contribution in [0.4, 0.5) is 26.3 Å². The minimum absolute atomic E-state index is 0.0519. The molecule has 2 aliphatic rings. The van der Waals surface area contributed by atoms with Gasteiger partial charge in [-0.05, 0) is 25.7 Å². The minimum Gasteiger partial charge on any atom is -0.454 e. The number of aliphatic hydroxyl groups is 1. The van der Waals surface area contributed by atoms with Gasteiger partial charge in [-0.2, -0.15) is 26.3 Å². The second-order valence-corrected chi connectivity index (χ2v) is 6.98. The molecular formula is C15H20F6O3. The Hall–Kier alpha value is -0.990. The van der Waals surface area contributed by atoms with E-state index in [2.05, 4.69) is 0 Å². The van der Waals surface area contributed by atoms with Gasteiger partial charge >= 0.3 is 18.3 Å². The Morgan fingerprint density at radius 2 is 1.42 bits per heavy atom. The van der Waals surface area contributed by atoms with Crippen LogP contribution in [0.5, 0.6) is 0 Å². The van der Waals surface area contributed by atoms with Gasteiger partial charge in [0.05, 0.1) is 5.92 Å². The van der Waals surface area contributed by atoms with E-state index in [-0.39, 0.29) is 25.7 Å². The number of halogens is 6. The predicted octanol–water partition coefficient (Wildman–Crippen LogP) is 3.99. The van der Waals surface area contributed by atoms with Crippen molar-refractivity contribution in [3.05, 3.63) is 0 Å². The molecule has 0 spiro atoms. The maximum atomic E-state index is 13.5. The lowest BCUT2D eigenvalue weighted by Gasteiger charge is -2.53. The van der Waals surface area contributed by atoms with Crippen molar-refractivity contribution >= 4 is 5.97 Å². The number of carbonyl (C=O) groups excluding carboxylic acids is 1. The van der Waals surface area contributed by atoms with Crippen LogP contribution < -0.4 is 0 Å². The lowest BCUT2D eigenvalue weighted by atomic mass is 9.64. The summed E-state index contributed by atoms with van der Waals surface area (Å²) in [7, 11) is 0. The summed E-state index contributed by atoms with van der Waals surface area (Å²) in [5.74, 6) is -4.42. The van der Waals surface area contributed by atoms with E-state index in [9.17, 15) is 36.2 Å². The first-order chi connectivity index (χ1) is 10.8. The third-order valence-electron chi connectivity index (χ3n) is 5.31. The second-order valence-electron chi connectivity index (χ2n) is 6.98. The fourth-order valence-corrected chi connectivity index (χ4v) is 4.21. The topological polar surface area (TPSA) is 46.5 Å². The molecule has 0 aromatic rings. The molecule has 2 unspecified atom stereocenters. The van der Waals surface area contributed by atoms with Crippen molar-refractivity contribution in [2.45, 2.75) is 69.5 Å². The number of rotatable bonds is 3. The number of alkyl halides is 6. The fourth-order valence-electron chi connectivity index (χ4n) is 4.21. The van der Waals surface area contributed by atoms with E-state index in [4.69, 9.17) is 4.74 Å². The SMILES string of the molecule is CC(C)C(=O)OC1(C(O)(C(F)(F)F)C(F)(F)F)C2CCCC1CC2. The first kappa shape index (κ1) is 19.3. The number of esters is 1. The summed E-state index contributed by atoms with van der Waals surface area (Å²) in [6.45, 7) is 2.64. The third kappa shape index (κ3) is 2.50. The lowest BCUT2D eigenvalue weighted by molar-refractivity contribution is -0.425.